The standard InChI is InChI=1S/C19H22N2O2S/c1-13-20-18(12-24-13)14-4-2-5-15(10-14)19(22)23-17-7-9-21-8-3-6-16(21)11-17/h2,4-5,10,12,16-17H,3,6-9,11H2,1H3/t16-,17+/m1/s1. The largest absolute Gasteiger partial charge is 0.459 e. The first-order valence-electron chi connectivity index (χ1n) is 8.66. The SMILES string of the molecule is Cc1nc(-c2cccc(C(=O)O[C@H]3CCN4CCC[C@@H]4C3)c2)cs1. The van der Waals surface area contributed by atoms with E-state index in [2.05, 4.69) is 9.88 Å². The number of thiazole rings is 1. The summed E-state index contributed by atoms with van der Waals surface area (Å²) in [5.41, 5.74) is 2.51. The highest BCUT2D eigenvalue weighted by Crippen LogP contribution is 2.29. The Morgan fingerprint density at radius 3 is 3.08 bits per heavy atom. The lowest BCUT2D eigenvalue weighted by atomic mass is 10.00. The number of benzene rings is 1. The third-order valence-electron chi connectivity index (χ3n) is 5.06. The maximum Gasteiger partial charge on any atom is 0.338 e. The van der Waals surface area contributed by atoms with Crippen molar-refractivity contribution in [1.82, 2.24) is 9.88 Å². The minimum atomic E-state index is -0.208. The minimum absolute atomic E-state index is 0.0574. The number of aryl methyl sites for hydroxylation is 1. The summed E-state index contributed by atoms with van der Waals surface area (Å²) >= 11 is 1.62. The van der Waals surface area contributed by atoms with E-state index in [1.807, 2.05) is 36.6 Å². The van der Waals surface area contributed by atoms with Crippen molar-refractivity contribution < 1.29 is 9.53 Å². The van der Waals surface area contributed by atoms with Gasteiger partial charge in [-0.15, -0.1) is 11.3 Å². The van der Waals surface area contributed by atoms with Crippen molar-refractivity contribution in [2.24, 2.45) is 0 Å². The molecule has 24 heavy (non-hydrogen) atoms. The molecule has 1 aromatic heterocycles. The molecular weight excluding hydrogens is 320 g/mol. The van der Waals surface area contributed by atoms with Crippen LogP contribution >= 0.6 is 11.3 Å². The molecule has 2 aliphatic rings. The molecule has 2 atom stereocenters. The second-order valence-corrected chi connectivity index (χ2v) is 7.78. The lowest BCUT2D eigenvalue weighted by molar-refractivity contribution is 0.00422. The molecule has 126 valence electrons. The van der Waals surface area contributed by atoms with Gasteiger partial charge in [-0.05, 0) is 51.3 Å². The highest BCUT2D eigenvalue weighted by Gasteiger charge is 2.33. The molecule has 2 fully saturated rings. The van der Waals surface area contributed by atoms with Gasteiger partial charge in [0.05, 0.1) is 16.3 Å². The second-order valence-electron chi connectivity index (χ2n) is 6.72. The van der Waals surface area contributed by atoms with Crippen LogP contribution in [0.2, 0.25) is 0 Å². The smallest absolute Gasteiger partial charge is 0.338 e. The summed E-state index contributed by atoms with van der Waals surface area (Å²) in [6, 6.07) is 8.22. The van der Waals surface area contributed by atoms with Gasteiger partial charge in [0.15, 0.2) is 0 Å². The normalized spacial score (nSPS) is 23.9. The first kappa shape index (κ1) is 15.8. The number of carbonyl (C=O) groups is 1. The van der Waals surface area contributed by atoms with Gasteiger partial charge in [0.2, 0.25) is 0 Å². The van der Waals surface area contributed by atoms with E-state index in [9.17, 15) is 4.79 Å². The molecule has 2 aliphatic heterocycles. The highest BCUT2D eigenvalue weighted by molar-refractivity contribution is 7.09. The van der Waals surface area contributed by atoms with Crippen LogP contribution in [-0.4, -0.2) is 41.1 Å². The summed E-state index contributed by atoms with van der Waals surface area (Å²) in [7, 11) is 0. The number of hydrogen-bond acceptors (Lipinski definition) is 5. The van der Waals surface area contributed by atoms with Gasteiger partial charge in [0, 0.05) is 23.5 Å². The Kier molecular flexibility index (Phi) is 4.37. The first-order valence-corrected chi connectivity index (χ1v) is 9.54. The maximum absolute atomic E-state index is 12.5. The zero-order chi connectivity index (χ0) is 16.5. The number of nitrogens with zero attached hydrogens (tertiary/aromatic N) is 2. The minimum Gasteiger partial charge on any atom is -0.459 e. The summed E-state index contributed by atoms with van der Waals surface area (Å²) in [5, 5.41) is 3.05. The predicted molar refractivity (Wildman–Crippen MR) is 95.3 cm³/mol. The molecule has 0 saturated carbocycles. The number of fused-ring (bicyclic) bond motifs is 1. The van der Waals surface area contributed by atoms with Gasteiger partial charge in [0.25, 0.3) is 0 Å². The van der Waals surface area contributed by atoms with E-state index >= 15 is 0 Å². The summed E-state index contributed by atoms with van der Waals surface area (Å²) in [5.74, 6) is -0.208. The van der Waals surface area contributed by atoms with Crippen molar-refractivity contribution in [2.75, 3.05) is 13.1 Å². The predicted octanol–water partition coefficient (Wildman–Crippen LogP) is 3.90. The third kappa shape index (κ3) is 3.23. The van der Waals surface area contributed by atoms with E-state index in [0.717, 1.165) is 35.7 Å². The topological polar surface area (TPSA) is 42.4 Å². The number of hydrogen-bond donors (Lipinski definition) is 0. The summed E-state index contributed by atoms with van der Waals surface area (Å²) in [6.45, 7) is 4.25. The molecule has 0 N–H and O–H groups in total. The molecule has 0 bridgehead atoms. The highest BCUT2D eigenvalue weighted by atomic mass is 32.1. The summed E-state index contributed by atoms with van der Waals surface area (Å²) < 4.78 is 5.80. The summed E-state index contributed by atoms with van der Waals surface area (Å²) in [6.07, 6.45) is 4.51. The van der Waals surface area contributed by atoms with Gasteiger partial charge >= 0.3 is 5.97 Å². The van der Waals surface area contributed by atoms with Crippen molar-refractivity contribution in [3.8, 4) is 11.3 Å². The first-order chi connectivity index (χ1) is 11.7. The van der Waals surface area contributed by atoms with E-state index in [1.54, 1.807) is 11.3 Å². The van der Waals surface area contributed by atoms with E-state index in [4.69, 9.17) is 4.74 Å². The molecule has 5 heteroatoms. The van der Waals surface area contributed by atoms with E-state index < -0.39 is 0 Å². The fraction of sp³-hybridized carbons (Fsp3) is 0.474. The van der Waals surface area contributed by atoms with Crippen molar-refractivity contribution in [3.05, 3.63) is 40.2 Å². The van der Waals surface area contributed by atoms with Gasteiger partial charge < -0.3 is 9.64 Å². The lowest BCUT2D eigenvalue weighted by Gasteiger charge is -2.34. The van der Waals surface area contributed by atoms with Crippen molar-refractivity contribution in [2.45, 2.75) is 44.8 Å². The molecule has 0 spiro atoms. The Morgan fingerprint density at radius 2 is 2.25 bits per heavy atom. The van der Waals surface area contributed by atoms with Crippen LogP contribution in [0, 0.1) is 6.92 Å². The second kappa shape index (κ2) is 6.65. The lowest BCUT2D eigenvalue weighted by Crippen LogP contribution is -2.41. The van der Waals surface area contributed by atoms with Gasteiger partial charge in [-0.1, -0.05) is 12.1 Å². The molecular formula is C19H22N2O2S. The van der Waals surface area contributed by atoms with Crippen molar-refractivity contribution in [3.63, 3.8) is 0 Å². The molecule has 3 heterocycles. The fourth-order valence-corrected chi connectivity index (χ4v) is 4.44. The number of carbonyl (C=O) groups excluding carboxylic acids is 1. The van der Waals surface area contributed by atoms with Gasteiger partial charge in [0.1, 0.15) is 6.10 Å². The van der Waals surface area contributed by atoms with Gasteiger partial charge in [-0.25, -0.2) is 9.78 Å². The van der Waals surface area contributed by atoms with Crippen molar-refractivity contribution in [1.29, 1.82) is 0 Å². The monoisotopic (exact) mass is 342 g/mol. The molecule has 0 unspecified atom stereocenters. The molecule has 4 nitrogen and oxygen atoms in total. The average molecular weight is 342 g/mol. The van der Waals surface area contributed by atoms with Crippen LogP contribution < -0.4 is 0 Å². The molecule has 1 aromatic carbocycles. The quantitative estimate of drug-likeness (QED) is 0.794. The van der Waals surface area contributed by atoms with Gasteiger partial charge in [-0.2, -0.15) is 0 Å². The van der Waals surface area contributed by atoms with Crippen LogP contribution in [0.5, 0.6) is 0 Å². The molecule has 0 aliphatic carbocycles. The van der Waals surface area contributed by atoms with E-state index in [0.29, 0.717) is 11.6 Å². The van der Waals surface area contributed by atoms with Crippen LogP contribution in [0.15, 0.2) is 29.6 Å². The Bertz CT molecular complexity index is 742. The number of esters is 1. The van der Waals surface area contributed by atoms with Gasteiger partial charge in [-0.3, -0.25) is 0 Å². The fourth-order valence-electron chi connectivity index (χ4n) is 3.82. The van der Waals surface area contributed by atoms with Crippen molar-refractivity contribution >= 4 is 17.3 Å². The summed E-state index contributed by atoms with van der Waals surface area (Å²) in [4.78, 5) is 19.6. The van der Waals surface area contributed by atoms with Crippen LogP contribution in [0.4, 0.5) is 0 Å². The molecule has 2 saturated heterocycles. The Balaban J connectivity index is 1.44. The van der Waals surface area contributed by atoms with E-state index in [1.165, 1.54) is 19.4 Å². The maximum atomic E-state index is 12.5. The van der Waals surface area contributed by atoms with Crippen LogP contribution in [0.25, 0.3) is 11.3 Å². The Labute approximate surface area is 146 Å². The average Bonchev–Trinajstić information content (AvgIpc) is 3.23. The zero-order valence-corrected chi connectivity index (χ0v) is 14.7. The number of ether oxygens (including phenoxy) is 1. The molecule has 0 radical (unpaired) electrons. The van der Waals surface area contributed by atoms with E-state index in [-0.39, 0.29) is 12.1 Å². The van der Waals surface area contributed by atoms with Crippen LogP contribution in [-0.2, 0) is 4.74 Å². The van der Waals surface area contributed by atoms with Crippen LogP contribution in [0.3, 0.4) is 0 Å². The Morgan fingerprint density at radius 1 is 1.33 bits per heavy atom. The molecule has 2 aromatic rings. The van der Waals surface area contributed by atoms with Crippen LogP contribution in [0.1, 0.15) is 41.0 Å². The molecule has 0 amide bonds. The third-order valence-corrected chi connectivity index (χ3v) is 5.83. The molecule has 4 rings (SSSR count). The number of aromatic nitrogens is 1. The Hall–Kier alpha value is -1.72. The number of piperidine rings is 1. The number of rotatable bonds is 3. The zero-order valence-electron chi connectivity index (χ0n) is 13.9.